The first-order valence-corrected chi connectivity index (χ1v) is 7.94. The third-order valence-electron chi connectivity index (χ3n) is 3.65. The van der Waals surface area contributed by atoms with Gasteiger partial charge in [0.1, 0.15) is 0 Å². The van der Waals surface area contributed by atoms with Crippen molar-refractivity contribution in [2.24, 2.45) is 11.7 Å². The summed E-state index contributed by atoms with van der Waals surface area (Å²) in [4.78, 5) is 14.4. The van der Waals surface area contributed by atoms with Crippen LogP contribution in [0.15, 0.2) is 18.2 Å². The van der Waals surface area contributed by atoms with Crippen molar-refractivity contribution in [3.63, 3.8) is 0 Å². The summed E-state index contributed by atoms with van der Waals surface area (Å²) in [6, 6.07) is 5.67. The molecule has 0 aliphatic carbocycles. The zero-order valence-electron chi connectivity index (χ0n) is 10.9. The number of amides is 1. The Morgan fingerprint density at radius 1 is 1.58 bits per heavy atom. The van der Waals surface area contributed by atoms with Crippen LogP contribution in [0.5, 0.6) is 0 Å². The lowest BCUT2D eigenvalue weighted by atomic mass is 9.92. The highest BCUT2D eigenvalue weighted by molar-refractivity contribution is 14.1. The fourth-order valence-electron chi connectivity index (χ4n) is 2.46. The molecule has 1 aliphatic rings. The van der Waals surface area contributed by atoms with Gasteiger partial charge in [-0.25, -0.2) is 0 Å². The summed E-state index contributed by atoms with van der Waals surface area (Å²) < 4.78 is 1.03. The third-order valence-corrected chi connectivity index (χ3v) is 4.63. The summed E-state index contributed by atoms with van der Waals surface area (Å²) in [5.74, 6) is 0.409. The summed E-state index contributed by atoms with van der Waals surface area (Å²) in [6.45, 7) is 3.54. The number of nitrogens with two attached hydrogens (primary N) is 1. The normalized spacial score (nSPS) is 21.3. The molecule has 104 valence electrons. The number of carbonyl (C=O) groups is 1. The highest BCUT2D eigenvalue weighted by atomic mass is 127. The number of piperidine rings is 1. The Kier molecular flexibility index (Phi) is 5.09. The molecule has 1 aromatic rings. The van der Waals surface area contributed by atoms with E-state index >= 15 is 0 Å². The molecule has 2 unspecified atom stereocenters. The summed E-state index contributed by atoms with van der Waals surface area (Å²) >= 11 is 8.35. The van der Waals surface area contributed by atoms with E-state index in [1.54, 1.807) is 0 Å². The Labute approximate surface area is 132 Å². The summed E-state index contributed by atoms with van der Waals surface area (Å²) in [5.41, 5.74) is 6.54. The average Bonchev–Trinajstić information content (AvgIpc) is 2.38. The van der Waals surface area contributed by atoms with Crippen LogP contribution in [0.3, 0.4) is 0 Å². The molecule has 1 heterocycles. The Hall–Kier alpha value is -0.330. The van der Waals surface area contributed by atoms with Crippen LogP contribution in [0.2, 0.25) is 5.02 Å². The Morgan fingerprint density at radius 3 is 2.95 bits per heavy atom. The summed E-state index contributed by atoms with van der Waals surface area (Å²) in [7, 11) is 0. The molecule has 0 spiro atoms. The van der Waals surface area contributed by atoms with Gasteiger partial charge in [0.25, 0.3) is 5.91 Å². The lowest BCUT2D eigenvalue weighted by Gasteiger charge is -2.34. The number of carbonyl (C=O) groups excluding carboxylic acids is 1. The van der Waals surface area contributed by atoms with Gasteiger partial charge in [0.2, 0.25) is 0 Å². The third kappa shape index (κ3) is 3.61. The van der Waals surface area contributed by atoms with Crippen LogP contribution in [0.4, 0.5) is 0 Å². The molecule has 1 fully saturated rings. The zero-order chi connectivity index (χ0) is 14.0. The minimum Gasteiger partial charge on any atom is -0.338 e. The van der Waals surface area contributed by atoms with Crippen LogP contribution in [0.1, 0.15) is 30.1 Å². The lowest BCUT2D eigenvalue weighted by molar-refractivity contribution is 0.0661. The molecule has 2 atom stereocenters. The van der Waals surface area contributed by atoms with Crippen molar-refractivity contribution in [1.82, 2.24) is 4.90 Å². The highest BCUT2D eigenvalue weighted by Crippen LogP contribution is 2.24. The van der Waals surface area contributed by atoms with Gasteiger partial charge in [0.15, 0.2) is 0 Å². The number of benzene rings is 1. The van der Waals surface area contributed by atoms with Crippen molar-refractivity contribution < 1.29 is 4.79 Å². The maximum absolute atomic E-state index is 12.5. The monoisotopic (exact) mass is 392 g/mol. The van der Waals surface area contributed by atoms with E-state index in [2.05, 4.69) is 22.6 Å². The van der Waals surface area contributed by atoms with E-state index in [9.17, 15) is 4.79 Å². The molecule has 1 amide bonds. The molecule has 0 bridgehead atoms. The fraction of sp³-hybridized carbons (Fsp3) is 0.500. The standard InChI is InChI=1S/C14H18ClIN2O/c1-9(17)10-3-2-6-18(8-10)14(19)12-5-4-11(16)7-13(12)15/h4-5,7,9-10H,2-3,6,8,17H2,1H3. The number of rotatable bonds is 2. The molecule has 0 saturated carbocycles. The summed E-state index contributed by atoms with van der Waals surface area (Å²) in [6.07, 6.45) is 2.11. The van der Waals surface area contributed by atoms with Gasteiger partial charge in [-0.2, -0.15) is 0 Å². The van der Waals surface area contributed by atoms with Crippen LogP contribution in [0, 0.1) is 9.49 Å². The first-order chi connectivity index (χ1) is 8.99. The number of likely N-dealkylation sites (tertiary alicyclic amines) is 1. The van der Waals surface area contributed by atoms with Gasteiger partial charge in [-0.05, 0) is 66.5 Å². The van der Waals surface area contributed by atoms with Crippen LogP contribution < -0.4 is 5.73 Å². The van der Waals surface area contributed by atoms with Crippen LogP contribution in [0.25, 0.3) is 0 Å². The van der Waals surface area contributed by atoms with Gasteiger partial charge in [-0.3, -0.25) is 4.79 Å². The van der Waals surface area contributed by atoms with Crippen LogP contribution in [-0.4, -0.2) is 29.9 Å². The van der Waals surface area contributed by atoms with Gasteiger partial charge in [-0.15, -0.1) is 0 Å². The fourth-order valence-corrected chi connectivity index (χ4v) is 3.39. The summed E-state index contributed by atoms with van der Waals surface area (Å²) in [5, 5.41) is 0.528. The highest BCUT2D eigenvalue weighted by Gasteiger charge is 2.27. The number of nitrogens with zero attached hydrogens (tertiary/aromatic N) is 1. The van der Waals surface area contributed by atoms with Crippen LogP contribution >= 0.6 is 34.2 Å². The van der Waals surface area contributed by atoms with Gasteiger partial charge in [-0.1, -0.05) is 11.6 Å². The lowest BCUT2D eigenvalue weighted by Crippen LogP contribution is -2.45. The van der Waals surface area contributed by atoms with Crippen molar-refractivity contribution in [1.29, 1.82) is 0 Å². The molecule has 2 rings (SSSR count). The zero-order valence-corrected chi connectivity index (χ0v) is 13.8. The van der Waals surface area contributed by atoms with E-state index < -0.39 is 0 Å². The Bertz CT molecular complexity index is 479. The second kappa shape index (κ2) is 6.41. The van der Waals surface area contributed by atoms with Crippen molar-refractivity contribution in [3.05, 3.63) is 32.4 Å². The van der Waals surface area contributed by atoms with E-state index in [0.29, 0.717) is 16.5 Å². The maximum atomic E-state index is 12.5. The molecular formula is C14H18ClIN2O. The predicted molar refractivity (Wildman–Crippen MR) is 86.4 cm³/mol. The maximum Gasteiger partial charge on any atom is 0.255 e. The van der Waals surface area contributed by atoms with Gasteiger partial charge < -0.3 is 10.6 Å². The van der Waals surface area contributed by atoms with E-state index in [1.807, 2.05) is 30.0 Å². The largest absolute Gasteiger partial charge is 0.338 e. The van der Waals surface area contributed by atoms with Crippen molar-refractivity contribution in [2.45, 2.75) is 25.8 Å². The molecule has 3 nitrogen and oxygen atoms in total. The van der Waals surface area contributed by atoms with Crippen LogP contribution in [-0.2, 0) is 0 Å². The first-order valence-electron chi connectivity index (χ1n) is 6.49. The van der Waals surface area contributed by atoms with E-state index in [4.69, 9.17) is 17.3 Å². The van der Waals surface area contributed by atoms with Gasteiger partial charge in [0.05, 0.1) is 10.6 Å². The van der Waals surface area contributed by atoms with Gasteiger partial charge in [0, 0.05) is 22.7 Å². The average molecular weight is 393 g/mol. The first kappa shape index (κ1) is 15.1. The molecule has 0 aromatic heterocycles. The molecule has 2 N–H and O–H groups in total. The minimum atomic E-state index is 0.0201. The number of halogens is 2. The van der Waals surface area contributed by atoms with E-state index in [0.717, 1.165) is 29.5 Å². The second-order valence-corrected chi connectivity index (χ2v) is 6.79. The molecule has 1 aromatic carbocycles. The molecule has 0 radical (unpaired) electrons. The SMILES string of the molecule is CC(N)C1CCCN(C(=O)c2ccc(I)cc2Cl)C1. The Morgan fingerprint density at radius 2 is 2.32 bits per heavy atom. The predicted octanol–water partition coefficient (Wildman–Crippen LogP) is 3.14. The van der Waals surface area contributed by atoms with Crippen molar-refractivity contribution in [2.75, 3.05) is 13.1 Å². The van der Waals surface area contributed by atoms with E-state index in [-0.39, 0.29) is 11.9 Å². The smallest absolute Gasteiger partial charge is 0.255 e. The molecular weight excluding hydrogens is 375 g/mol. The topological polar surface area (TPSA) is 46.3 Å². The quantitative estimate of drug-likeness (QED) is 0.786. The number of hydrogen-bond donors (Lipinski definition) is 1. The molecule has 1 aliphatic heterocycles. The molecule has 5 heteroatoms. The molecule has 19 heavy (non-hydrogen) atoms. The van der Waals surface area contributed by atoms with Gasteiger partial charge >= 0.3 is 0 Å². The number of hydrogen-bond acceptors (Lipinski definition) is 2. The Balaban J connectivity index is 2.15. The second-order valence-electron chi connectivity index (χ2n) is 5.14. The van der Waals surface area contributed by atoms with Crippen molar-refractivity contribution >= 4 is 40.1 Å². The minimum absolute atomic E-state index is 0.0201. The van der Waals surface area contributed by atoms with E-state index in [1.165, 1.54) is 0 Å². The van der Waals surface area contributed by atoms with Crippen molar-refractivity contribution in [3.8, 4) is 0 Å². The molecule has 1 saturated heterocycles.